The number of hydrogen-bond acceptors (Lipinski definition) is 5. The van der Waals surface area contributed by atoms with Gasteiger partial charge in [0.15, 0.2) is 11.6 Å². The highest BCUT2D eigenvalue weighted by Gasteiger charge is 2.28. The van der Waals surface area contributed by atoms with Gasteiger partial charge < -0.3 is 15.3 Å². The lowest BCUT2D eigenvalue weighted by molar-refractivity contribution is 0.0973. The Bertz CT molecular complexity index is 566. The van der Waals surface area contributed by atoms with Crippen molar-refractivity contribution in [3.63, 3.8) is 0 Å². The molecule has 0 aliphatic heterocycles. The number of unbranched alkanes of at least 4 members (excludes halogenated alkanes) is 2. The molecule has 1 aromatic carbocycles. The van der Waals surface area contributed by atoms with E-state index in [1.54, 1.807) is 6.92 Å². The molecule has 0 unspecified atom stereocenters. The molecule has 0 atom stereocenters. The van der Waals surface area contributed by atoms with E-state index in [0.29, 0.717) is 6.42 Å². The SMILES string of the molecule is CCCCCC(=O)c1c(O)c(Br)c(O)c(C(=O)CC)c1O. The van der Waals surface area contributed by atoms with Crippen molar-refractivity contribution in [2.75, 3.05) is 0 Å². The molecule has 0 bridgehead atoms. The third kappa shape index (κ3) is 3.56. The van der Waals surface area contributed by atoms with E-state index in [-0.39, 0.29) is 28.4 Å². The summed E-state index contributed by atoms with van der Waals surface area (Å²) in [5.74, 6) is -2.71. The Labute approximate surface area is 131 Å². The largest absolute Gasteiger partial charge is 0.506 e. The number of phenolic OH excluding ortho intramolecular Hbond substituents is 3. The Morgan fingerprint density at radius 1 is 0.905 bits per heavy atom. The molecule has 0 amide bonds. The monoisotopic (exact) mass is 358 g/mol. The van der Waals surface area contributed by atoms with Crippen LogP contribution < -0.4 is 0 Å². The standard InChI is InChI=1S/C15H19BrO5/c1-3-5-6-7-9(18)11-13(19)10(8(17)4-2)14(20)12(16)15(11)21/h19-21H,3-7H2,1-2H3. The molecule has 1 rings (SSSR count). The number of rotatable bonds is 7. The molecule has 0 aliphatic rings. The van der Waals surface area contributed by atoms with Gasteiger partial charge in [-0.05, 0) is 22.4 Å². The number of carbonyl (C=O) groups is 2. The van der Waals surface area contributed by atoms with Crippen LogP contribution in [0.15, 0.2) is 4.47 Å². The summed E-state index contributed by atoms with van der Waals surface area (Å²) in [5, 5.41) is 30.0. The molecule has 0 fully saturated rings. The number of hydrogen-bond donors (Lipinski definition) is 3. The average molecular weight is 359 g/mol. The highest BCUT2D eigenvalue weighted by Crippen LogP contribution is 2.46. The minimum atomic E-state index is -0.651. The third-order valence-corrected chi connectivity index (χ3v) is 4.00. The van der Waals surface area contributed by atoms with E-state index in [4.69, 9.17) is 0 Å². The molecule has 0 aliphatic carbocycles. The van der Waals surface area contributed by atoms with Gasteiger partial charge in [0.25, 0.3) is 0 Å². The van der Waals surface area contributed by atoms with Crippen molar-refractivity contribution in [3.8, 4) is 17.2 Å². The summed E-state index contributed by atoms with van der Waals surface area (Å²) in [7, 11) is 0. The summed E-state index contributed by atoms with van der Waals surface area (Å²) in [6, 6.07) is 0. The van der Waals surface area contributed by atoms with Gasteiger partial charge in [-0.1, -0.05) is 26.7 Å². The molecule has 21 heavy (non-hydrogen) atoms. The molecule has 0 radical (unpaired) electrons. The first kappa shape index (κ1) is 17.5. The number of carbonyl (C=O) groups excluding carboxylic acids is 2. The van der Waals surface area contributed by atoms with Crippen LogP contribution in [0, 0.1) is 0 Å². The zero-order chi connectivity index (χ0) is 16.2. The quantitative estimate of drug-likeness (QED) is 0.507. The minimum absolute atomic E-state index is 0.0573. The molecule has 116 valence electrons. The molecule has 0 spiro atoms. The molecule has 0 aromatic heterocycles. The van der Waals surface area contributed by atoms with Crippen LogP contribution in [-0.4, -0.2) is 26.9 Å². The van der Waals surface area contributed by atoms with Crippen molar-refractivity contribution in [1.29, 1.82) is 0 Å². The molecule has 0 heterocycles. The number of Topliss-reactive ketones (excluding diaryl/α,β-unsaturated/α-hetero) is 2. The van der Waals surface area contributed by atoms with Gasteiger partial charge >= 0.3 is 0 Å². The predicted molar refractivity (Wildman–Crippen MR) is 82.2 cm³/mol. The van der Waals surface area contributed by atoms with Gasteiger partial charge in [-0.2, -0.15) is 0 Å². The molecule has 5 nitrogen and oxygen atoms in total. The van der Waals surface area contributed by atoms with E-state index < -0.39 is 28.8 Å². The first-order valence-electron chi connectivity index (χ1n) is 6.89. The topological polar surface area (TPSA) is 94.8 Å². The second-order valence-electron chi connectivity index (χ2n) is 4.77. The van der Waals surface area contributed by atoms with Gasteiger partial charge in [0, 0.05) is 12.8 Å². The van der Waals surface area contributed by atoms with Gasteiger partial charge in [-0.3, -0.25) is 9.59 Å². The molecule has 1 aromatic rings. The molecule has 6 heteroatoms. The maximum atomic E-state index is 12.2. The van der Waals surface area contributed by atoms with Crippen molar-refractivity contribution in [1.82, 2.24) is 0 Å². The number of phenols is 3. The van der Waals surface area contributed by atoms with Crippen LogP contribution in [0.2, 0.25) is 0 Å². The van der Waals surface area contributed by atoms with Gasteiger partial charge in [0.2, 0.25) is 0 Å². The summed E-state index contributed by atoms with van der Waals surface area (Å²) >= 11 is 2.95. The summed E-state index contributed by atoms with van der Waals surface area (Å²) in [4.78, 5) is 24.0. The fraction of sp³-hybridized carbons (Fsp3) is 0.467. The average Bonchev–Trinajstić information content (AvgIpc) is 2.45. The van der Waals surface area contributed by atoms with Crippen LogP contribution in [0.1, 0.15) is 66.7 Å². The van der Waals surface area contributed by atoms with Crippen LogP contribution in [0.5, 0.6) is 17.2 Å². The van der Waals surface area contributed by atoms with Crippen LogP contribution in [-0.2, 0) is 0 Å². The third-order valence-electron chi connectivity index (χ3n) is 3.25. The van der Waals surface area contributed by atoms with Crippen LogP contribution in [0.3, 0.4) is 0 Å². The van der Waals surface area contributed by atoms with E-state index in [1.807, 2.05) is 6.92 Å². The summed E-state index contributed by atoms with van der Waals surface area (Å²) < 4.78 is -0.157. The Morgan fingerprint density at radius 2 is 1.43 bits per heavy atom. The zero-order valence-corrected chi connectivity index (χ0v) is 13.7. The summed E-state index contributed by atoms with van der Waals surface area (Å²) in [6.07, 6.45) is 2.63. The maximum absolute atomic E-state index is 12.2. The van der Waals surface area contributed by atoms with Gasteiger partial charge in [-0.15, -0.1) is 0 Å². The first-order valence-corrected chi connectivity index (χ1v) is 7.68. The number of aromatic hydroxyl groups is 3. The van der Waals surface area contributed by atoms with Crippen molar-refractivity contribution in [2.45, 2.75) is 46.0 Å². The van der Waals surface area contributed by atoms with Crippen molar-refractivity contribution >= 4 is 27.5 Å². The highest BCUT2D eigenvalue weighted by molar-refractivity contribution is 9.10. The lowest BCUT2D eigenvalue weighted by Crippen LogP contribution is -2.06. The van der Waals surface area contributed by atoms with Crippen LogP contribution >= 0.6 is 15.9 Å². The molecular formula is C15H19BrO5. The Morgan fingerprint density at radius 3 is 1.90 bits per heavy atom. The Balaban J connectivity index is 3.35. The first-order chi connectivity index (χ1) is 9.86. The Hall–Kier alpha value is -1.56. The van der Waals surface area contributed by atoms with Crippen molar-refractivity contribution < 1.29 is 24.9 Å². The van der Waals surface area contributed by atoms with Crippen LogP contribution in [0.4, 0.5) is 0 Å². The van der Waals surface area contributed by atoms with Crippen molar-refractivity contribution in [3.05, 3.63) is 15.6 Å². The number of halogens is 1. The van der Waals surface area contributed by atoms with Gasteiger partial charge in [0.1, 0.15) is 32.8 Å². The van der Waals surface area contributed by atoms with E-state index in [2.05, 4.69) is 15.9 Å². The van der Waals surface area contributed by atoms with Gasteiger partial charge in [0.05, 0.1) is 0 Å². The lowest BCUT2D eigenvalue weighted by atomic mass is 9.96. The number of ketones is 2. The molecule has 0 saturated heterocycles. The van der Waals surface area contributed by atoms with Crippen LogP contribution in [0.25, 0.3) is 0 Å². The second-order valence-corrected chi connectivity index (χ2v) is 5.56. The molecular weight excluding hydrogens is 340 g/mol. The summed E-state index contributed by atoms with van der Waals surface area (Å²) in [6.45, 7) is 3.57. The van der Waals surface area contributed by atoms with E-state index >= 15 is 0 Å². The van der Waals surface area contributed by atoms with Gasteiger partial charge in [-0.25, -0.2) is 0 Å². The fourth-order valence-electron chi connectivity index (χ4n) is 2.05. The molecule has 3 N–H and O–H groups in total. The lowest BCUT2D eigenvalue weighted by Gasteiger charge is -2.14. The second kappa shape index (κ2) is 7.45. The minimum Gasteiger partial charge on any atom is -0.506 e. The normalized spacial score (nSPS) is 10.6. The molecule has 0 saturated carbocycles. The highest BCUT2D eigenvalue weighted by atomic mass is 79.9. The predicted octanol–water partition coefficient (Wildman–Crippen LogP) is 3.92. The Kier molecular flexibility index (Phi) is 6.20. The smallest absolute Gasteiger partial charge is 0.170 e. The fourth-order valence-corrected chi connectivity index (χ4v) is 2.44. The zero-order valence-electron chi connectivity index (χ0n) is 12.1. The maximum Gasteiger partial charge on any atom is 0.170 e. The number of benzene rings is 1. The summed E-state index contributed by atoms with van der Waals surface area (Å²) in [5.41, 5.74) is -0.645. The van der Waals surface area contributed by atoms with E-state index in [9.17, 15) is 24.9 Å². The van der Waals surface area contributed by atoms with Crippen molar-refractivity contribution in [2.24, 2.45) is 0 Å². The van der Waals surface area contributed by atoms with E-state index in [0.717, 1.165) is 12.8 Å². The van der Waals surface area contributed by atoms with E-state index in [1.165, 1.54) is 0 Å².